The molecule has 1 aliphatic heterocycles. The van der Waals surface area contributed by atoms with Crippen LogP contribution in [0.2, 0.25) is 0 Å². The Bertz CT molecular complexity index is 847. The van der Waals surface area contributed by atoms with Gasteiger partial charge in [0.25, 0.3) is 0 Å². The highest BCUT2D eigenvalue weighted by atomic mass is 16.6. The van der Waals surface area contributed by atoms with E-state index in [0.29, 0.717) is 0 Å². The van der Waals surface area contributed by atoms with Gasteiger partial charge in [-0.05, 0) is 28.7 Å². The maximum Gasteiger partial charge on any atom is 0.410 e. The van der Waals surface area contributed by atoms with Crippen LogP contribution in [0.25, 0.3) is 11.1 Å². The number of carboxylic acids is 1. The summed E-state index contributed by atoms with van der Waals surface area (Å²) in [6, 6.07) is 15.7. The first-order chi connectivity index (χ1) is 12.2. The van der Waals surface area contributed by atoms with Gasteiger partial charge in [0, 0.05) is 17.9 Å². The summed E-state index contributed by atoms with van der Waals surface area (Å²) in [6.45, 7) is 0.229. The van der Waals surface area contributed by atoms with Gasteiger partial charge in [0.15, 0.2) is 0 Å². The first-order valence-electron chi connectivity index (χ1n) is 8.53. The van der Waals surface area contributed by atoms with Crippen molar-refractivity contribution in [3.05, 3.63) is 59.7 Å². The molecule has 1 heterocycles. The van der Waals surface area contributed by atoms with Gasteiger partial charge in [0.05, 0.1) is 0 Å². The number of carbonyl (C=O) groups excluding carboxylic acids is 1. The summed E-state index contributed by atoms with van der Waals surface area (Å²) < 4.78 is 5.54. The summed E-state index contributed by atoms with van der Waals surface area (Å²) >= 11 is 0. The molecule has 1 saturated carbocycles. The van der Waals surface area contributed by atoms with E-state index in [-0.39, 0.29) is 24.5 Å². The number of hydrogen-bond acceptors (Lipinski definition) is 3. The number of fused-ring (bicyclic) bond motifs is 4. The molecule has 3 atom stereocenters. The van der Waals surface area contributed by atoms with Crippen molar-refractivity contribution in [3.8, 4) is 11.1 Å². The normalized spacial score (nSPS) is 25.4. The number of nitrogens with zero attached hydrogens (tertiary/aromatic N) is 1. The van der Waals surface area contributed by atoms with E-state index >= 15 is 0 Å². The van der Waals surface area contributed by atoms with Gasteiger partial charge < -0.3 is 9.84 Å². The van der Waals surface area contributed by atoms with Crippen LogP contribution in [-0.2, 0) is 9.53 Å². The van der Waals surface area contributed by atoms with E-state index in [4.69, 9.17) is 4.74 Å². The minimum absolute atomic E-state index is 0.00379. The van der Waals surface area contributed by atoms with Crippen molar-refractivity contribution >= 4 is 12.1 Å². The second-order valence-corrected chi connectivity index (χ2v) is 6.96. The van der Waals surface area contributed by atoms with Crippen molar-refractivity contribution in [2.45, 2.75) is 24.4 Å². The van der Waals surface area contributed by atoms with Crippen LogP contribution in [0, 0.1) is 5.92 Å². The van der Waals surface area contributed by atoms with Crippen molar-refractivity contribution in [1.82, 2.24) is 4.90 Å². The zero-order valence-corrected chi connectivity index (χ0v) is 13.5. The number of benzene rings is 2. The summed E-state index contributed by atoms with van der Waals surface area (Å²) in [4.78, 5) is 25.1. The molecule has 25 heavy (non-hydrogen) atoms. The van der Waals surface area contributed by atoms with E-state index in [0.717, 1.165) is 17.5 Å². The molecule has 0 radical (unpaired) electrons. The van der Waals surface area contributed by atoms with E-state index in [1.165, 1.54) is 16.0 Å². The van der Waals surface area contributed by atoms with Crippen molar-refractivity contribution in [2.75, 3.05) is 6.61 Å². The van der Waals surface area contributed by atoms with Crippen molar-refractivity contribution in [2.24, 2.45) is 5.92 Å². The van der Waals surface area contributed by atoms with E-state index in [1.807, 2.05) is 24.3 Å². The van der Waals surface area contributed by atoms with Gasteiger partial charge in [-0.25, -0.2) is 9.59 Å². The highest BCUT2D eigenvalue weighted by Crippen LogP contribution is 2.52. The average Bonchev–Trinajstić information content (AvgIpc) is 3.17. The van der Waals surface area contributed by atoms with Crippen molar-refractivity contribution in [3.63, 3.8) is 0 Å². The predicted octanol–water partition coefficient (Wildman–Crippen LogP) is 3.09. The van der Waals surface area contributed by atoms with Crippen LogP contribution in [0.5, 0.6) is 0 Å². The smallest absolute Gasteiger partial charge is 0.410 e. The number of carbonyl (C=O) groups is 2. The summed E-state index contributed by atoms with van der Waals surface area (Å²) in [5, 5.41) is 9.24. The Morgan fingerprint density at radius 2 is 1.64 bits per heavy atom. The molecule has 0 bridgehead atoms. The molecule has 0 unspecified atom stereocenters. The molecule has 5 rings (SSSR count). The lowest BCUT2D eigenvalue weighted by atomic mass is 9.98. The van der Waals surface area contributed by atoms with Crippen LogP contribution in [0.15, 0.2) is 48.5 Å². The third-order valence-corrected chi connectivity index (χ3v) is 5.67. The van der Waals surface area contributed by atoms with E-state index < -0.39 is 18.1 Å². The number of ether oxygens (including phenoxy) is 1. The summed E-state index contributed by atoms with van der Waals surface area (Å²) in [5.41, 5.74) is 4.65. The monoisotopic (exact) mass is 335 g/mol. The highest BCUT2D eigenvalue weighted by molar-refractivity contribution is 5.85. The molecule has 1 N–H and O–H groups in total. The molecule has 3 aliphatic rings. The molecule has 2 aromatic rings. The summed E-state index contributed by atoms with van der Waals surface area (Å²) in [5.74, 6) is -0.818. The van der Waals surface area contributed by atoms with Gasteiger partial charge in [0.2, 0.25) is 0 Å². The Labute approximate surface area is 144 Å². The molecule has 1 amide bonds. The first kappa shape index (κ1) is 14.5. The summed E-state index contributed by atoms with van der Waals surface area (Å²) in [6.07, 6.45) is 0.272. The number of carboxylic acid groups (broad SMARTS) is 1. The maximum absolute atomic E-state index is 12.4. The minimum atomic E-state index is -0.938. The Hall–Kier alpha value is -2.82. The topological polar surface area (TPSA) is 66.8 Å². The number of aliphatic carboxylic acids is 1. The van der Waals surface area contributed by atoms with Gasteiger partial charge in [-0.2, -0.15) is 0 Å². The Balaban J connectivity index is 1.36. The lowest BCUT2D eigenvalue weighted by Gasteiger charge is -2.36. The van der Waals surface area contributed by atoms with Gasteiger partial charge >= 0.3 is 12.1 Å². The number of likely N-dealkylation sites (tertiary alicyclic amines) is 1. The molecule has 2 aromatic carbocycles. The zero-order valence-electron chi connectivity index (χ0n) is 13.5. The molecule has 5 nitrogen and oxygen atoms in total. The summed E-state index contributed by atoms with van der Waals surface area (Å²) in [7, 11) is 0. The van der Waals surface area contributed by atoms with Crippen LogP contribution >= 0.6 is 0 Å². The highest BCUT2D eigenvalue weighted by Gasteiger charge is 2.66. The zero-order chi connectivity index (χ0) is 17.1. The van der Waals surface area contributed by atoms with Crippen LogP contribution in [0.3, 0.4) is 0 Å². The number of rotatable bonds is 3. The van der Waals surface area contributed by atoms with Gasteiger partial charge in [-0.15, -0.1) is 0 Å². The standard InChI is InChI=1S/C20H17NO4/c22-19(23)18-15-9-17(15)21(18)20(24)25-10-16-13-7-3-1-5-11(13)12-6-2-4-8-14(12)16/h1-8,15-18H,9-10H2,(H,22,23)/t15-,17+,18-/m0/s1. The molecule has 2 aliphatic carbocycles. The predicted molar refractivity (Wildman–Crippen MR) is 90.2 cm³/mol. The van der Waals surface area contributed by atoms with Crippen molar-refractivity contribution < 1.29 is 19.4 Å². The maximum atomic E-state index is 12.4. The third-order valence-electron chi connectivity index (χ3n) is 5.67. The van der Waals surface area contributed by atoms with Crippen LogP contribution < -0.4 is 0 Å². The lowest BCUT2D eigenvalue weighted by Crippen LogP contribution is -2.56. The molecular weight excluding hydrogens is 318 g/mol. The SMILES string of the molecule is O=C(O)[C@@H]1[C@H]2C[C@H]2N1C(=O)OCC1c2ccccc2-c2ccccc21. The second kappa shape index (κ2) is 5.09. The molecule has 2 fully saturated rings. The number of amides is 1. The quantitative estimate of drug-likeness (QED) is 0.936. The Kier molecular flexibility index (Phi) is 2.95. The van der Waals surface area contributed by atoms with Gasteiger partial charge in [-0.3, -0.25) is 4.90 Å². The fraction of sp³-hybridized carbons (Fsp3) is 0.300. The average molecular weight is 335 g/mol. The van der Waals surface area contributed by atoms with E-state index in [1.54, 1.807) is 0 Å². The second-order valence-electron chi connectivity index (χ2n) is 6.96. The van der Waals surface area contributed by atoms with Crippen molar-refractivity contribution in [1.29, 1.82) is 0 Å². The molecule has 126 valence electrons. The molecule has 0 aromatic heterocycles. The van der Waals surface area contributed by atoms with Crippen LogP contribution in [0.1, 0.15) is 23.5 Å². The minimum Gasteiger partial charge on any atom is -0.480 e. The molecule has 5 heteroatoms. The third kappa shape index (κ3) is 2.02. The lowest BCUT2D eigenvalue weighted by molar-refractivity contribution is -0.147. The largest absolute Gasteiger partial charge is 0.480 e. The van der Waals surface area contributed by atoms with Gasteiger partial charge in [-0.1, -0.05) is 48.5 Å². The molecule has 1 saturated heterocycles. The van der Waals surface area contributed by atoms with E-state index in [9.17, 15) is 14.7 Å². The number of hydrogen-bond donors (Lipinski definition) is 1. The fourth-order valence-electron chi connectivity index (χ4n) is 4.39. The van der Waals surface area contributed by atoms with Crippen LogP contribution in [-0.4, -0.2) is 40.8 Å². The van der Waals surface area contributed by atoms with Crippen LogP contribution in [0.4, 0.5) is 4.79 Å². The van der Waals surface area contributed by atoms with Gasteiger partial charge in [0.1, 0.15) is 12.6 Å². The fourth-order valence-corrected chi connectivity index (χ4v) is 4.39. The van der Waals surface area contributed by atoms with E-state index in [2.05, 4.69) is 24.3 Å². The Morgan fingerprint density at radius 1 is 1.04 bits per heavy atom. The first-order valence-corrected chi connectivity index (χ1v) is 8.53. The molecule has 0 spiro atoms. The Morgan fingerprint density at radius 3 is 2.24 bits per heavy atom. The molecular formula is C20H17NO4.